The summed E-state index contributed by atoms with van der Waals surface area (Å²) in [5.74, 6) is -1.84. The van der Waals surface area contributed by atoms with E-state index < -0.39 is 9.95 Å². The van der Waals surface area contributed by atoms with Crippen molar-refractivity contribution in [3.63, 3.8) is 0 Å². The number of ether oxygens (including phenoxy) is 1. The molecule has 0 unspecified atom stereocenters. The number of nitrogens with two attached hydrogens (primary N) is 3. The highest BCUT2D eigenvalue weighted by Crippen LogP contribution is 1.93. The van der Waals surface area contributed by atoms with Gasteiger partial charge in [-0.15, -0.1) is 0 Å². The fourth-order valence-electron chi connectivity index (χ4n) is 0.139. The highest BCUT2D eigenvalue weighted by Gasteiger charge is 2.14. The first-order chi connectivity index (χ1) is 3.42. The minimum absolute atomic E-state index is 0.630. The number of rotatable bonds is 1. The van der Waals surface area contributed by atoms with Gasteiger partial charge in [0.25, 0.3) is 5.97 Å². The Labute approximate surface area is 59.7 Å². The van der Waals surface area contributed by atoms with Crippen LogP contribution < -0.4 is 17.2 Å². The van der Waals surface area contributed by atoms with Gasteiger partial charge in [-0.05, 0) is 0 Å². The molecule has 0 aliphatic rings. The molecule has 0 aromatic rings. The normalized spacial score (nSPS) is 11.0. The van der Waals surface area contributed by atoms with Crippen LogP contribution in [0, 0.1) is 0 Å². The van der Waals surface area contributed by atoms with E-state index in [4.69, 9.17) is 17.2 Å². The number of hydrogen-bond donors (Lipinski definition) is 3. The van der Waals surface area contributed by atoms with E-state index in [1.165, 1.54) is 22.6 Å². The summed E-state index contributed by atoms with van der Waals surface area (Å²) < 4.78 is 3.49. The summed E-state index contributed by atoms with van der Waals surface area (Å²) in [7, 11) is 0. The van der Waals surface area contributed by atoms with Gasteiger partial charge < -0.3 is 4.74 Å². The molecular weight excluding hydrogens is 225 g/mol. The Balaban J connectivity index is 3.55. The minimum atomic E-state index is -1.84. The van der Waals surface area contributed by atoms with E-state index in [2.05, 4.69) is 4.74 Å². The van der Waals surface area contributed by atoms with Crippen molar-refractivity contribution in [1.29, 1.82) is 0 Å². The van der Waals surface area contributed by atoms with E-state index in [-0.39, 0.29) is 0 Å². The lowest BCUT2D eigenvalue weighted by Crippen LogP contribution is -2.60. The second-order valence-electron chi connectivity index (χ2n) is 1.19. The molecule has 6 N–H and O–H groups in total. The van der Waals surface area contributed by atoms with Crippen LogP contribution in [0.2, 0.25) is 0 Å². The van der Waals surface area contributed by atoms with Gasteiger partial charge in [-0.25, -0.2) is 4.79 Å². The van der Waals surface area contributed by atoms with Gasteiger partial charge >= 0.3 is 3.98 Å². The van der Waals surface area contributed by atoms with Gasteiger partial charge in [0, 0.05) is 0 Å². The third-order valence-corrected chi connectivity index (χ3v) is 0.477. The predicted octanol–water partition coefficient (Wildman–Crippen LogP) is -0.955. The molecule has 0 radical (unpaired) electrons. The van der Waals surface area contributed by atoms with Crippen molar-refractivity contribution >= 4 is 26.6 Å². The summed E-state index contributed by atoms with van der Waals surface area (Å²) in [5, 5.41) is 0. The maximum absolute atomic E-state index is 9.98. The molecule has 0 heterocycles. The fraction of sp³-hybridized carbons (Fsp3) is 0.500. The molecule has 0 amide bonds. The van der Waals surface area contributed by atoms with Crippen LogP contribution in [0.5, 0.6) is 0 Å². The average molecular weight is 231 g/mol. The predicted molar refractivity (Wildman–Crippen MR) is 35.8 cm³/mol. The van der Waals surface area contributed by atoms with E-state index in [1.807, 2.05) is 0 Å². The third-order valence-electron chi connectivity index (χ3n) is 0.257. The molecule has 0 saturated carbocycles. The Morgan fingerprint density at radius 3 is 1.88 bits per heavy atom. The van der Waals surface area contributed by atoms with Gasteiger partial charge in [0.15, 0.2) is 0 Å². The van der Waals surface area contributed by atoms with Crippen molar-refractivity contribution in [2.45, 2.75) is 5.97 Å². The SMILES string of the molecule is NC(N)(N)OC(=O)I. The molecule has 0 spiro atoms. The zero-order valence-electron chi connectivity index (χ0n) is 3.93. The summed E-state index contributed by atoms with van der Waals surface area (Å²) in [6, 6.07) is 0. The lowest BCUT2D eigenvalue weighted by atomic mass is 10.8. The van der Waals surface area contributed by atoms with E-state index >= 15 is 0 Å². The monoisotopic (exact) mass is 231 g/mol. The van der Waals surface area contributed by atoms with Crippen LogP contribution >= 0.6 is 22.6 Å². The highest BCUT2D eigenvalue weighted by molar-refractivity contribution is 14.1. The maximum atomic E-state index is 9.98. The second kappa shape index (κ2) is 2.58. The van der Waals surface area contributed by atoms with Crippen LogP contribution in [0.1, 0.15) is 0 Å². The molecule has 0 bridgehead atoms. The quantitative estimate of drug-likeness (QED) is 0.306. The standard InChI is InChI=1S/C2H6IN3O2/c3-1(7)8-2(4,5)6/h4-6H2. The molecule has 0 rings (SSSR count). The Morgan fingerprint density at radius 2 is 1.88 bits per heavy atom. The zero-order valence-corrected chi connectivity index (χ0v) is 6.08. The first-order valence-corrected chi connectivity index (χ1v) is 2.75. The van der Waals surface area contributed by atoms with Crippen molar-refractivity contribution in [1.82, 2.24) is 0 Å². The molecule has 0 aromatic heterocycles. The first-order valence-electron chi connectivity index (χ1n) is 1.67. The lowest BCUT2D eigenvalue weighted by Gasteiger charge is -2.15. The Hall–Kier alpha value is 0.0800. The molecule has 48 valence electrons. The van der Waals surface area contributed by atoms with Crippen molar-refractivity contribution in [2.75, 3.05) is 0 Å². The van der Waals surface area contributed by atoms with E-state index in [0.717, 1.165) is 0 Å². The van der Waals surface area contributed by atoms with Crippen LogP contribution in [0.4, 0.5) is 4.79 Å². The molecule has 0 saturated heterocycles. The molecule has 5 nitrogen and oxygen atoms in total. The summed E-state index contributed by atoms with van der Waals surface area (Å²) in [6.07, 6.45) is 0. The smallest absolute Gasteiger partial charge is 0.370 e. The molecule has 0 aliphatic carbocycles. The van der Waals surface area contributed by atoms with Gasteiger partial charge in [-0.1, -0.05) is 0 Å². The topological polar surface area (TPSA) is 104 Å². The summed E-state index contributed by atoms with van der Waals surface area (Å²) in [5.41, 5.74) is 14.5. The van der Waals surface area contributed by atoms with Crippen LogP contribution in [0.25, 0.3) is 0 Å². The molecular formula is C2H6IN3O2. The molecule has 0 fully saturated rings. The minimum Gasteiger partial charge on any atom is -0.409 e. The summed E-state index contributed by atoms with van der Waals surface area (Å²) in [6.45, 7) is 0. The Bertz CT molecular complexity index is 97.9. The molecule has 0 atom stereocenters. The zero-order chi connectivity index (χ0) is 6.78. The van der Waals surface area contributed by atoms with Crippen molar-refractivity contribution < 1.29 is 9.53 Å². The molecule has 6 heteroatoms. The summed E-state index contributed by atoms with van der Waals surface area (Å²) in [4.78, 5) is 9.98. The molecule has 0 aliphatic heterocycles. The lowest BCUT2D eigenvalue weighted by molar-refractivity contribution is 0.0462. The number of carbonyl (C=O) groups excluding carboxylic acids is 1. The summed E-state index contributed by atoms with van der Waals surface area (Å²) >= 11 is 1.37. The van der Waals surface area contributed by atoms with Crippen LogP contribution in [-0.2, 0) is 4.74 Å². The Morgan fingerprint density at radius 1 is 1.50 bits per heavy atom. The van der Waals surface area contributed by atoms with Gasteiger partial charge in [-0.2, -0.15) is 0 Å². The van der Waals surface area contributed by atoms with Crippen LogP contribution in [-0.4, -0.2) is 9.95 Å². The maximum Gasteiger partial charge on any atom is 0.370 e. The van der Waals surface area contributed by atoms with E-state index in [1.54, 1.807) is 0 Å². The highest BCUT2D eigenvalue weighted by atomic mass is 127. The largest absolute Gasteiger partial charge is 0.409 e. The first kappa shape index (κ1) is 8.08. The number of carbonyl (C=O) groups is 1. The number of halogens is 1. The fourth-order valence-corrected chi connectivity index (χ4v) is 0.520. The van der Waals surface area contributed by atoms with Crippen molar-refractivity contribution in [3.05, 3.63) is 0 Å². The van der Waals surface area contributed by atoms with Gasteiger partial charge in [0.1, 0.15) is 0 Å². The van der Waals surface area contributed by atoms with E-state index in [9.17, 15) is 4.79 Å². The average Bonchev–Trinajstić information content (AvgIpc) is 1.21. The van der Waals surface area contributed by atoms with Gasteiger partial charge in [0.05, 0.1) is 22.6 Å². The van der Waals surface area contributed by atoms with Gasteiger partial charge in [-0.3, -0.25) is 17.2 Å². The van der Waals surface area contributed by atoms with Crippen molar-refractivity contribution in [3.8, 4) is 0 Å². The number of hydrogen-bond acceptors (Lipinski definition) is 5. The third kappa shape index (κ3) is 6.08. The molecule has 0 aromatic carbocycles. The molecule has 8 heavy (non-hydrogen) atoms. The van der Waals surface area contributed by atoms with Crippen molar-refractivity contribution in [2.24, 2.45) is 17.2 Å². The van der Waals surface area contributed by atoms with Crippen LogP contribution in [0.3, 0.4) is 0 Å². The van der Waals surface area contributed by atoms with Crippen LogP contribution in [0.15, 0.2) is 0 Å². The second-order valence-corrected chi connectivity index (χ2v) is 2.07. The van der Waals surface area contributed by atoms with Gasteiger partial charge in [0.2, 0.25) is 0 Å². The van der Waals surface area contributed by atoms with E-state index in [0.29, 0.717) is 0 Å². The Kier molecular flexibility index (Phi) is 2.60.